The third-order valence-corrected chi connectivity index (χ3v) is 4.19. The molecule has 0 radical (unpaired) electrons. The average Bonchev–Trinajstić information content (AvgIpc) is 2.72. The van der Waals surface area contributed by atoms with E-state index in [0.717, 1.165) is 5.56 Å². The molecular weight excluding hydrogens is 368 g/mol. The second-order valence-corrected chi connectivity index (χ2v) is 6.31. The van der Waals surface area contributed by atoms with Crippen LogP contribution in [0.3, 0.4) is 0 Å². The topological polar surface area (TPSA) is 76.0 Å². The molecule has 0 fully saturated rings. The van der Waals surface area contributed by atoms with E-state index in [1.165, 1.54) is 36.4 Å². The molecule has 5 nitrogen and oxygen atoms in total. The number of aromatic hydroxyl groups is 2. The van der Waals surface area contributed by atoms with E-state index in [1.807, 2.05) is 30.3 Å². The van der Waals surface area contributed by atoms with Crippen molar-refractivity contribution in [1.29, 1.82) is 0 Å². The Morgan fingerprint density at radius 1 is 0.966 bits per heavy atom. The highest BCUT2D eigenvalue weighted by molar-refractivity contribution is 6.08. The van der Waals surface area contributed by atoms with Gasteiger partial charge in [-0.15, -0.1) is 0 Å². The summed E-state index contributed by atoms with van der Waals surface area (Å²) in [4.78, 5) is 12.5. The Labute approximate surface area is 169 Å². The highest BCUT2D eigenvalue weighted by Gasteiger charge is 2.11. The van der Waals surface area contributed by atoms with Crippen LogP contribution in [0.25, 0.3) is 6.08 Å². The molecule has 148 valence electrons. The summed E-state index contributed by atoms with van der Waals surface area (Å²) in [6.07, 6.45) is 2.88. The number of rotatable bonds is 8. The first kappa shape index (κ1) is 20.0. The fraction of sp³-hybridized carbons (Fsp3) is 0.125. The van der Waals surface area contributed by atoms with Crippen molar-refractivity contribution in [3.05, 3.63) is 89.5 Å². The molecule has 0 aliphatic heterocycles. The Kier molecular flexibility index (Phi) is 6.53. The Hall–Kier alpha value is -3.73. The van der Waals surface area contributed by atoms with Gasteiger partial charge >= 0.3 is 0 Å². The van der Waals surface area contributed by atoms with Crippen LogP contribution in [0.1, 0.15) is 28.4 Å². The van der Waals surface area contributed by atoms with E-state index in [9.17, 15) is 15.0 Å². The maximum Gasteiger partial charge on any atom is 0.189 e. The summed E-state index contributed by atoms with van der Waals surface area (Å²) >= 11 is 0. The van der Waals surface area contributed by atoms with Crippen LogP contribution in [-0.4, -0.2) is 22.6 Å². The van der Waals surface area contributed by atoms with Crippen LogP contribution in [-0.2, 0) is 6.61 Å². The number of ether oxygens (including phenoxy) is 2. The Balaban J connectivity index is 1.70. The van der Waals surface area contributed by atoms with Gasteiger partial charge in [-0.05, 0) is 48.9 Å². The maximum atomic E-state index is 12.5. The van der Waals surface area contributed by atoms with Crippen molar-refractivity contribution in [2.45, 2.75) is 13.5 Å². The first-order valence-corrected chi connectivity index (χ1v) is 9.25. The largest absolute Gasteiger partial charge is 0.508 e. The van der Waals surface area contributed by atoms with E-state index < -0.39 is 0 Å². The second-order valence-electron chi connectivity index (χ2n) is 6.31. The molecule has 3 rings (SSSR count). The van der Waals surface area contributed by atoms with Crippen molar-refractivity contribution >= 4 is 11.9 Å². The summed E-state index contributed by atoms with van der Waals surface area (Å²) in [5.74, 6) is 0.591. The summed E-state index contributed by atoms with van der Waals surface area (Å²) in [7, 11) is 0. The van der Waals surface area contributed by atoms with E-state index in [-0.39, 0.29) is 17.3 Å². The molecule has 0 heterocycles. The molecule has 3 aromatic rings. The number of ketones is 1. The Morgan fingerprint density at radius 2 is 1.76 bits per heavy atom. The molecule has 0 amide bonds. The van der Waals surface area contributed by atoms with Crippen molar-refractivity contribution < 1.29 is 24.5 Å². The molecule has 0 aliphatic rings. The number of phenols is 2. The standard InChI is InChI=1S/C24H22O5/c1-2-28-24-14-19(25)10-12-21(24)22(26)13-9-18-8-11-20(15-23(18)27)29-16-17-6-4-3-5-7-17/h3-15,25,27H,2,16H2,1H3. The van der Waals surface area contributed by atoms with E-state index in [0.29, 0.717) is 35.8 Å². The molecule has 0 saturated carbocycles. The first-order valence-electron chi connectivity index (χ1n) is 9.25. The predicted octanol–water partition coefficient (Wildman–Crippen LogP) is 4.97. The summed E-state index contributed by atoms with van der Waals surface area (Å²) in [5, 5.41) is 19.8. The number of carbonyl (C=O) groups excluding carboxylic acids is 1. The van der Waals surface area contributed by atoms with Gasteiger partial charge in [-0.3, -0.25) is 4.79 Å². The SMILES string of the molecule is CCOc1cc(O)ccc1C(=O)C=Cc1ccc(OCc2ccccc2)cc1O. The van der Waals surface area contributed by atoms with Gasteiger partial charge < -0.3 is 19.7 Å². The maximum absolute atomic E-state index is 12.5. The van der Waals surface area contributed by atoms with E-state index in [4.69, 9.17) is 9.47 Å². The van der Waals surface area contributed by atoms with E-state index >= 15 is 0 Å². The molecule has 3 aromatic carbocycles. The fourth-order valence-electron chi connectivity index (χ4n) is 2.74. The number of benzene rings is 3. The zero-order chi connectivity index (χ0) is 20.6. The number of hydrogen-bond acceptors (Lipinski definition) is 5. The van der Waals surface area contributed by atoms with Gasteiger partial charge in [-0.1, -0.05) is 30.3 Å². The molecule has 0 aromatic heterocycles. The second kappa shape index (κ2) is 9.46. The minimum Gasteiger partial charge on any atom is -0.508 e. The van der Waals surface area contributed by atoms with Crippen molar-refractivity contribution in [1.82, 2.24) is 0 Å². The normalized spacial score (nSPS) is 10.8. The van der Waals surface area contributed by atoms with Crippen molar-refractivity contribution in [3.63, 3.8) is 0 Å². The lowest BCUT2D eigenvalue weighted by Gasteiger charge is -2.09. The molecule has 29 heavy (non-hydrogen) atoms. The highest BCUT2D eigenvalue weighted by Crippen LogP contribution is 2.27. The molecular formula is C24H22O5. The van der Waals surface area contributed by atoms with Gasteiger partial charge in [0.25, 0.3) is 0 Å². The number of allylic oxidation sites excluding steroid dienone is 1. The van der Waals surface area contributed by atoms with Gasteiger partial charge in [-0.25, -0.2) is 0 Å². The van der Waals surface area contributed by atoms with E-state index in [2.05, 4.69) is 0 Å². The molecule has 0 aliphatic carbocycles. The third-order valence-electron chi connectivity index (χ3n) is 4.19. The van der Waals surface area contributed by atoms with Gasteiger partial charge in [0.2, 0.25) is 0 Å². The minimum atomic E-state index is -0.294. The highest BCUT2D eigenvalue weighted by atomic mass is 16.5. The van der Waals surface area contributed by atoms with Crippen LogP contribution in [0.2, 0.25) is 0 Å². The summed E-state index contributed by atoms with van der Waals surface area (Å²) < 4.78 is 11.1. The van der Waals surface area contributed by atoms with Crippen LogP contribution in [0.4, 0.5) is 0 Å². The smallest absolute Gasteiger partial charge is 0.189 e. The summed E-state index contributed by atoms with van der Waals surface area (Å²) in [6, 6.07) is 19.0. The van der Waals surface area contributed by atoms with Crippen molar-refractivity contribution in [2.24, 2.45) is 0 Å². The van der Waals surface area contributed by atoms with Crippen LogP contribution >= 0.6 is 0 Å². The van der Waals surface area contributed by atoms with Crippen LogP contribution in [0.15, 0.2) is 72.8 Å². The zero-order valence-electron chi connectivity index (χ0n) is 16.0. The first-order chi connectivity index (χ1) is 14.1. The predicted molar refractivity (Wildman–Crippen MR) is 112 cm³/mol. The van der Waals surface area contributed by atoms with Gasteiger partial charge in [0.05, 0.1) is 12.2 Å². The average molecular weight is 390 g/mol. The summed E-state index contributed by atoms with van der Waals surface area (Å²) in [5.41, 5.74) is 1.85. The molecule has 0 saturated heterocycles. The molecule has 0 atom stereocenters. The molecule has 0 spiro atoms. The van der Waals surface area contributed by atoms with Crippen molar-refractivity contribution in [2.75, 3.05) is 6.61 Å². The minimum absolute atomic E-state index is 0.00958. The summed E-state index contributed by atoms with van der Waals surface area (Å²) in [6.45, 7) is 2.57. The lowest BCUT2D eigenvalue weighted by molar-refractivity contribution is 0.104. The van der Waals surface area contributed by atoms with Gasteiger partial charge in [-0.2, -0.15) is 0 Å². The lowest BCUT2D eigenvalue weighted by atomic mass is 10.1. The zero-order valence-corrected chi connectivity index (χ0v) is 16.0. The molecule has 2 N–H and O–H groups in total. The molecule has 5 heteroatoms. The fourth-order valence-corrected chi connectivity index (χ4v) is 2.74. The number of hydrogen-bond donors (Lipinski definition) is 2. The molecule has 0 bridgehead atoms. The number of carbonyl (C=O) groups is 1. The third kappa shape index (κ3) is 5.39. The quantitative estimate of drug-likeness (QED) is 0.419. The number of phenolic OH excluding ortho intramolecular Hbond substituents is 2. The van der Waals surface area contributed by atoms with Crippen LogP contribution < -0.4 is 9.47 Å². The Bertz CT molecular complexity index is 1010. The van der Waals surface area contributed by atoms with E-state index in [1.54, 1.807) is 19.1 Å². The lowest BCUT2D eigenvalue weighted by Crippen LogP contribution is -2.01. The monoisotopic (exact) mass is 390 g/mol. The van der Waals surface area contributed by atoms with Gasteiger partial charge in [0, 0.05) is 17.7 Å². The van der Waals surface area contributed by atoms with Gasteiger partial charge in [0.1, 0.15) is 29.6 Å². The Morgan fingerprint density at radius 3 is 2.48 bits per heavy atom. The van der Waals surface area contributed by atoms with Crippen LogP contribution in [0, 0.1) is 0 Å². The van der Waals surface area contributed by atoms with Crippen LogP contribution in [0.5, 0.6) is 23.0 Å². The molecule has 0 unspecified atom stereocenters. The van der Waals surface area contributed by atoms with Crippen molar-refractivity contribution in [3.8, 4) is 23.0 Å². The van der Waals surface area contributed by atoms with Gasteiger partial charge in [0.15, 0.2) is 5.78 Å².